The normalized spacial score (nSPS) is 11.9. The van der Waals surface area contributed by atoms with Gasteiger partial charge in [0.2, 0.25) is 0 Å². The van der Waals surface area contributed by atoms with E-state index in [1.807, 2.05) is 12.1 Å². The lowest BCUT2D eigenvalue weighted by atomic mass is 9.96. The maximum atomic E-state index is 6.36. The van der Waals surface area contributed by atoms with Crippen LogP contribution in [0.3, 0.4) is 0 Å². The zero-order chi connectivity index (χ0) is 33.5. The van der Waals surface area contributed by atoms with E-state index in [4.69, 9.17) is 8.83 Å². The first kappa shape index (κ1) is 28.0. The minimum atomic E-state index is 0.887. The molecule has 8 aromatic carbocycles. The molecular weight excluding hydrogens is 623 g/mol. The lowest BCUT2D eigenvalue weighted by molar-refractivity contribution is 0.668. The number of aromatic nitrogens is 1. The van der Waals surface area contributed by atoms with Crippen molar-refractivity contribution in [2.45, 2.75) is 0 Å². The summed E-state index contributed by atoms with van der Waals surface area (Å²) in [6, 6.07) is 62.7. The Labute approximate surface area is 293 Å². The molecule has 0 fully saturated rings. The number of hydrogen-bond donors (Lipinski definition) is 0. The van der Waals surface area contributed by atoms with Crippen LogP contribution in [0.4, 0.5) is 0 Å². The van der Waals surface area contributed by atoms with E-state index in [9.17, 15) is 0 Å². The van der Waals surface area contributed by atoms with Gasteiger partial charge in [0.1, 0.15) is 22.3 Å². The average Bonchev–Trinajstić information content (AvgIpc) is 3.86. The van der Waals surface area contributed by atoms with Crippen LogP contribution in [-0.2, 0) is 0 Å². The second-order valence-corrected chi connectivity index (χ2v) is 13.3. The molecule has 0 saturated carbocycles. The van der Waals surface area contributed by atoms with E-state index in [0.717, 1.165) is 71.8 Å². The molecule has 0 N–H and O–H groups in total. The second kappa shape index (κ2) is 10.8. The molecule has 3 nitrogen and oxygen atoms in total. The summed E-state index contributed by atoms with van der Waals surface area (Å²) in [5.74, 6) is 0. The Morgan fingerprint density at radius 3 is 1.25 bits per heavy atom. The maximum absolute atomic E-state index is 6.36. The summed E-state index contributed by atoms with van der Waals surface area (Å²) < 4.78 is 14.8. The number of nitrogens with zero attached hydrogens (tertiary/aromatic N) is 1. The number of rotatable bonds is 4. The Balaban J connectivity index is 0.994. The molecule has 0 aliphatic heterocycles. The minimum absolute atomic E-state index is 0.887. The fourth-order valence-corrected chi connectivity index (χ4v) is 7.95. The Kier molecular flexibility index (Phi) is 5.96. The number of hydrogen-bond acceptors (Lipinski definition) is 2. The van der Waals surface area contributed by atoms with Crippen molar-refractivity contribution in [3.05, 3.63) is 176 Å². The monoisotopic (exact) mass is 651 g/mol. The highest BCUT2D eigenvalue weighted by Crippen LogP contribution is 2.38. The van der Waals surface area contributed by atoms with Crippen LogP contribution in [0.5, 0.6) is 0 Å². The van der Waals surface area contributed by atoms with E-state index >= 15 is 0 Å². The fourth-order valence-electron chi connectivity index (χ4n) is 7.95. The first-order valence-corrected chi connectivity index (χ1v) is 17.3. The third kappa shape index (κ3) is 4.38. The van der Waals surface area contributed by atoms with Crippen molar-refractivity contribution in [3.8, 4) is 39.1 Å². The van der Waals surface area contributed by atoms with Gasteiger partial charge < -0.3 is 13.4 Å². The van der Waals surface area contributed by atoms with Crippen LogP contribution in [-0.4, -0.2) is 4.57 Å². The van der Waals surface area contributed by atoms with Crippen molar-refractivity contribution in [3.63, 3.8) is 0 Å². The molecule has 11 rings (SSSR count). The molecule has 0 saturated heterocycles. The molecule has 0 radical (unpaired) electrons. The van der Waals surface area contributed by atoms with E-state index in [1.165, 1.54) is 32.9 Å². The molecule has 0 bridgehead atoms. The number of para-hydroxylation sites is 3. The van der Waals surface area contributed by atoms with Gasteiger partial charge in [0, 0.05) is 38.0 Å². The van der Waals surface area contributed by atoms with Gasteiger partial charge in [0.15, 0.2) is 0 Å². The summed E-state index contributed by atoms with van der Waals surface area (Å²) in [4.78, 5) is 0. The molecule has 0 aliphatic carbocycles. The van der Waals surface area contributed by atoms with Gasteiger partial charge in [-0.25, -0.2) is 0 Å². The summed E-state index contributed by atoms with van der Waals surface area (Å²) in [5, 5.41) is 7.02. The highest BCUT2D eigenvalue weighted by molar-refractivity contribution is 6.10. The molecule has 0 atom stereocenters. The number of furan rings is 2. The van der Waals surface area contributed by atoms with Gasteiger partial charge in [-0.05, 0) is 106 Å². The Bertz CT molecular complexity index is 3100. The maximum Gasteiger partial charge on any atom is 0.135 e. The SMILES string of the molecule is c1cc(-c2ccc3oc4ccccc4c3c2)cc(-c2ccc3oc4ccc(-c5cccc(-n6c7ccccc7c7ccccc76)c5)cc4c3c2)c1. The first-order chi connectivity index (χ1) is 25.2. The highest BCUT2D eigenvalue weighted by atomic mass is 16.3. The van der Waals surface area contributed by atoms with Crippen LogP contribution in [0, 0.1) is 0 Å². The third-order valence-electron chi connectivity index (χ3n) is 10.4. The van der Waals surface area contributed by atoms with Crippen molar-refractivity contribution < 1.29 is 8.83 Å². The fraction of sp³-hybridized carbons (Fsp3) is 0. The molecule has 3 heteroatoms. The zero-order valence-corrected chi connectivity index (χ0v) is 27.5. The Morgan fingerprint density at radius 2 is 0.686 bits per heavy atom. The summed E-state index contributed by atoms with van der Waals surface area (Å²) in [5.41, 5.74) is 14.1. The van der Waals surface area contributed by atoms with Crippen LogP contribution in [0.1, 0.15) is 0 Å². The van der Waals surface area contributed by atoms with Gasteiger partial charge in [-0.2, -0.15) is 0 Å². The summed E-state index contributed by atoms with van der Waals surface area (Å²) in [7, 11) is 0. The van der Waals surface area contributed by atoms with Crippen molar-refractivity contribution in [1.82, 2.24) is 4.57 Å². The predicted molar refractivity (Wildman–Crippen MR) is 212 cm³/mol. The van der Waals surface area contributed by atoms with E-state index < -0.39 is 0 Å². The molecule has 51 heavy (non-hydrogen) atoms. The lowest BCUT2D eigenvalue weighted by Crippen LogP contribution is -1.94. The molecule has 0 amide bonds. The quantitative estimate of drug-likeness (QED) is 0.190. The lowest BCUT2D eigenvalue weighted by Gasteiger charge is -2.10. The third-order valence-corrected chi connectivity index (χ3v) is 10.4. The highest BCUT2D eigenvalue weighted by Gasteiger charge is 2.15. The smallest absolute Gasteiger partial charge is 0.135 e. The molecule has 11 aromatic rings. The predicted octanol–water partition coefficient (Wildman–Crippen LogP) is 13.6. The molecular formula is C48H29NO2. The first-order valence-electron chi connectivity index (χ1n) is 17.3. The van der Waals surface area contributed by atoms with E-state index in [1.54, 1.807) is 0 Å². The standard InChI is InChI=1S/C48H29NO2/c1-4-16-43-37(13-1)38-14-2-5-17-44(38)49(43)36-12-8-11-32(26-36)35-21-24-48-42(29-35)41-28-34(20-23-47(41)51-48)31-10-7-9-30(25-31)33-19-22-46-40(27-33)39-15-3-6-18-45(39)50-46/h1-29H. The average molecular weight is 652 g/mol. The van der Waals surface area contributed by atoms with Gasteiger partial charge >= 0.3 is 0 Å². The van der Waals surface area contributed by atoms with Gasteiger partial charge in [-0.3, -0.25) is 0 Å². The van der Waals surface area contributed by atoms with E-state index in [0.29, 0.717) is 0 Å². The van der Waals surface area contributed by atoms with Crippen molar-refractivity contribution >= 4 is 65.7 Å². The number of benzene rings is 8. The topological polar surface area (TPSA) is 31.2 Å². The van der Waals surface area contributed by atoms with Gasteiger partial charge in [-0.15, -0.1) is 0 Å². The molecule has 0 spiro atoms. The van der Waals surface area contributed by atoms with E-state index in [-0.39, 0.29) is 0 Å². The van der Waals surface area contributed by atoms with Gasteiger partial charge in [0.05, 0.1) is 11.0 Å². The van der Waals surface area contributed by atoms with Crippen molar-refractivity contribution in [2.24, 2.45) is 0 Å². The van der Waals surface area contributed by atoms with E-state index in [2.05, 4.69) is 168 Å². The van der Waals surface area contributed by atoms with Gasteiger partial charge in [-0.1, -0.05) is 103 Å². The zero-order valence-electron chi connectivity index (χ0n) is 27.5. The minimum Gasteiger partial charge on any atom is -0.456 e. The summed E-state index contributed by atoms with van der Waals surface area (Å²) in [6.07, 6.45) is 0. The second-order valence-electron chi connectivity index (χ2n) is 13.3. The van der Waals surface area contributed by atoms with Crippen LogP contribution >= 0.6 is 0 Å². The Hall–Kier alpha value is -6.84. The molecule has 3 heterocycles. The van der Waals surface area contributed by atoms with Crippen LogP contribution in [0.2, 0.25) is 0 Å². The molecule has 0 unspecified atom stereocenters. The van der Waals surface area contributed by atoms with Gasteiger partial charge in [0.25, 0.3) is 0 Å². The number of fused-ring (bicyclic) bond motifs is 9. The Morgan fingerprint density at radius 1 is 0.275 bits per heavy atom. The van der Waals surface area contributed by atoms with Crippen LogP contribution in [0.25, 0.3) is 105 Å². The van der Waals surface area contributed by atoms with Crippen LogP contribution in [0.15, 0.2) is 185 Å². The van der Waals surface area contributed by atoms with Crippen molar-refractivity contribution in [2.75, 3.05) is 0 Å². The van der Waals surface area contributed by atoms with Crippen LogP contribution < -0.4 is 0 Å². The summed E-state index contributed by atoms with van der Waals surface area (Å²) in [6.45, 7) is 0. The largest absolute Gasteiger partial charge is 0.456 e. The molecule has 0 aliphatic rings. The summed E-state index contributed by atoms with van der Waals surface area (Å²) >= 11 is 0. The van der Waals surface area contributed by atoms with Crippen molar-refractivity contribution in [1.29, 1.82) is 0 Å². The molecule has 3 aromatic heterocycles. The molecule has 238 valence electrons.